The van der Waals surface area contributed by atoms with Crippen molar-refractivity contribution in [3.8, 4) is 11.5 Å². The summed E-state index contributed by atoms with van der Waals surface area (Å²) in [6.07, 6.45) is 8.60. The Morgan fingerprint density at radius 2 is 1.52 bits per heavy atom. The Labute approximate surface area is 243 Å². The summed E-state index contributed by atoms with van der Waals surface area (Å²) in [5.41, 5.74) is 3.89. The maximum atomic E-state index is 12.6. The molecule has 2 saturated heterocycles. The SMILES string of the molecule is COc1cc(C=NNc2nc(N3CCCCC3)nc(N3CCCCC3)n2)ccc1OC(=O)c1ccc(Cl)cc1Cl. The van der Waals surface area contributed by atoms with Gasteiger partial charge in [0.1, 0.15) is 0 Å². The van der Waals surface area contributed by atoms with Gasteiger partial charge >= 0.3 is 5.97 Å². The van der Waals surface area contributed by atoms with Crippen LogP contribution in [0.5, 0.6) is 11.5 Å². The molecule has 210 valence electrons. The van der Waals surface area contributed by atoms with Crippen molar-refractivity contribution in [1.82, 2.24) is 15.0 Å². The predicted molar refractivity (Wildman–Crippen MR) is 158 cm³/mol. The molecule has 2 aliphatic heterocycles. The van der Waals surface area contributed by atoms with Crippen LogP contribution in [0.1, 0.15) is 54.4 Å². The molecule has 0 aliphatic carbocycles. The molecule has 0 bridgehead atoms. The van der Waals surface area contributed by atoms with Crippen LogP contribution in [0.25, 0.3) is 0 Å². The Bertz CT molecular complexity index is 1340. The number of methoxy groups -OCH3 is 1. The van der Waals surface area contributed by atoms with E-state index in [2.05, 4.69) is 30.3 Å². The summed E-state index contributed by atoms with van der Waals surface area (Å²) in [5.74, 6) is 1.75. The van der Waals surface area contributed by atoms with Crippen LogP contribution in [0.4, 0.5) is 17.8 Å². The van der Waals surface area contributed by atoms with E-state index in [0.29, 0.717) is 28.6 Å². The van der Waals surface area contributed by atoms with E-state index < -0.39 is 5.97 Å². The lowest BCUT2D eigenvalue weighted by Gasteiger charge is -2.30. The van der Waals surface area contributed by atoms with Gasteiger partial charge in [0.05, 0.1) is 23.9 Å². The molecule has 0 amide bonds. The van der Waals surface area contributed by atoms with Crippen LogP contribution < -0.4 is 24.7 Å². The molecule has 12 heteroatoms. The number of carbonyl (C=O) groups is 1. The Morgan fingerprint density at radius 3 is 2.12 bits per heavy atom. The van der Waals surface area contributed by atoms with Crippen molar-refractivity contribution < 1.29 is 14.3 Å². The Hall–Kier alpha value is -3.63. The second-order valence-corrected chi connectivity index (χ2v) is 10.5. The van der Waals surface area contributed by atoms with Gasteiger partial charge < -0.3 is 19.3 Å². The molecule has 1 aromatic heterocycles. The zero-order valence-electron chi connectivity index (χ0n) is 22.3. The lowest BCUT2D eigenvalue weighted by molar-refractivity contribution is 0.0730. The van der Waals surface area contributed by atoms with Gasteiger partial charge in [0.2, 0.25) is 17.8 Å². The highest BCUT2D eigenvalue weighted by molar-refractivity contribution is 6.36. The molecule has 0 radical (unpaired) electrons. The number of halogens is 2. The highest BCUT2D eigenvalue weighted by Crippen LogP contribution is 2.30. The smallest absolute Gasteiger partial charge is 0.345 e. The molecule has 2 aliphatic rings. The molecule has 0 saturated carbocycles. The number of piperidine rings is 2. The Balaban J connectivity index is 1.30. The standard InChI is InChI=1S/C28H31Cl2N7O3/c1-39-24-16-19(8-11-23(24)40-25(38)21-10-9-20(29)17-22(21)30)18-31-35-26-32-27(36-12-4-2-5-13-36)34-28(33-26)37-14-6-3-7-15-37/h8-11,16-18H,2-7,12-15H2,1H3,(H,32,33,34,35). The van der Waals surface area contributed by atoms with E-state index in [-0.39, 0.29) is 16.3 Å². The van der Waals surface area contributed by atoms with Gasteiger partial charge in [0.15, 0.2) is 11.5 Å². The Kier molecular flexibility index (Phi) is 9.18. The van der Waals surface area contributed by atoms with Crippen LogP contribution in [0.2, 0.25) is 10.0 Å². The molecular weight excluding hydrogens is 553 g/mol. The first-order chi connectivity index (χ1) is 19.5. The van der Waals surface area contributed by atoms with Crippen molar-refractivity contribution in [2.24, 2.45) is 5.10 Å². The van der Waals surface area contributed by atoms with Crippen molar-refractivity contribution in [3.63, 3.8) is 0 Å². The number of carbonyl (C=O) groups excluding carboxylic acids is 1. The number of nitrogens with zero attached hydrogens (tertiary/aromatic N) is 6. The summed E-state index contributed by atoms with van der Waals surface area (Å²) < 4.78 is 11.0. The number of benzene rings is 2. The molecule has 0 spiro atoms. The van der Waals surface area contributed by atoms with Crippen LogP contribution in [-0.2, 0) is 0 Å². The molecule has 2 fully saturated rings. The normalized spacial score (nSPS) is 15.8. The van der Waals surface area contributed by atoms with Crippen molar-refractivity contribution in [2.75, 3.05) is 48.5 Å². The number of esters is 1. The van der Waals surface area contributed by atoms with E-state index in [0.717, 1.165) is 57.4 Å². The van der Waals surface area contributed by atoms with Crippen LogP contribution in [-0.4, -0.2) is 60.4 Å². The third-order valence-electron chi connectivity index (χ3n) is 6.81. The number of hydrogen-bond acceptors (Lipinski definition) is 10. The second kappa shape index (κ2) is 13.1. The van der Waals surface area contributed by atoms with Gasteiger partial charge in [0, 0.05) is 31.2 Å². The fourth-order valence-corrected chi connectivity index (χ4v) is 5.18. The van der Waals surface area contributed by atoms with Gasteiger partial charge in [-0.1, -0.05) is 23.2 Å². The molecular formula is C28H31Cl2N7O3. The summed E-state index contributed by atoms with van der Waals surface area (Å²) in [4.78, 5) is 31.2. The van der Waals surface area contributed by atoms with E-state index in [1.165, 1.54) is 32.1 Å². The van der Waals surface area contributed by atoms with E-state index in [1.807, 2.05) is 0 Å². The fraction of sp³-hybridized carbons (Fsp3) is 0.393. The molecule has 10 nitrogen and oxygen atoms in total. The van der Waals surface area contributed by atoms with E-state index >= 15 is 0 Å². The Morgan fingerprint density at radius 1 is 0.875 bits per heavy atom. The summed E-state index contributed by atoms with van der Waals surface area (Å²) >= 11 is 12.1. The van der Waals surface area contributed by atoms with Crippen molar-refractivity contribution >= 4 is 53.2 Å². The number of hydrazone groups is 1. The monoisotopic (exact) mass is 583 g/mol. The summed E-state index contributed by atoms with van der Waals surface area (Å²) in [7, 11) is 1.50. The average molecular weight is 585 g/mol. The lowest BCUT2D eigenvalue weighted by Crippen LogP contribution is -2.34. The van der Waals surface area contributed by atoms with E-state index in [1.54, 1.807) is 30.5 Å². The minimum absolute atomic E-state index is 0.202. The average Bonchev–Trinajstić information content (AvgIpc) is 2.98. The molecule has 1 N–H and O–H groups in total. The van der Waals surface area contributed by atoms with Gasteiger partial charge in [-0.2, -0.15) is 20.1 Å². The van der Waals surface area contributed by atoms with Gasteiger partial charge in [-0.05, 0) is 80.5 Å². The van der Waals surface area contributed by atoms with Crippen LogP contribution in [0, 0.1) is 0 Å². The molecule has 2 aromatic carbocycles. The third-order valence-corrected chi connectivity index (χ3v) is 7.36. The van der Waals surface area contributed by atoms with Crippen LogP contribution in [0.15, 0.2) is 41.5 Å². The predicted octanol–water partition coefficient (Wildman–Crippen LogP) is 5.83. The molecule has 0 atom stereocenters. The van der Waals surface area contributed by atoms with Crippen molar-refractivity contribution in [2.45, 2.75) is 38.5 Å². The highest BCUT2D eigenvalue weighted by Gasteiger charge is 2.20. The first-order valence-electron chi connectivity index (χ1n) is 13.4. The fourth-order valence-electron chi connectivity index (χ4n) is 4.70. The van der Waals surface area contributed by atoms with Crippen LogP contribution in [0.3, 0.4) is 0 Å². The lowest BCUT2D eigenvalue weighted by atomic mass is 10.1. The van der Waals surface area contributed by atoms with E-state index in [4.69, 9.17) is 37.7 Å². The zero-order valence-corrected chi connectivity index (χ0v) is 23.8. The number of ether oxygens (including phenoxy) is 2. The molecule has 5 rings (SSSR count). The molecule has 40 heavy (non-hydrogen) atoms. The number of nitrogens with one attached hydrogen (secondary N) is 1. The third kappa shape index (κ3) is 6.92. The summed E-state index contributed by atoms with van der Waals surface area (Å²) in [5, 5.41) is 4.99. The second-order valence-electron chi connectivity index (χ2n) is 9.65. The van der Waals surface area contributed by atoms with Gasteiger partial charge in [-0.15, -0.1) is 0 Å². The minimum Gasteiger partial charge on any atom is -0.493 e. The van der Waals surface area contributed by atoms with Gasteiger partial charge in [-0.3, -0.25) is 0 Å². The first-order valence-corrected chi connectivity index (χ1v) is 14.2. The maximum absolute atomic E-state index is 12.6. The zero-order chi connectivity index (χ0) is 27.9. The van der Waals surface area contributed by atoms with E-state index in [9.17, 15) is 4.79 Å². The number of hydrogen-bond donors (Lipinski definition) is 1. The van der Waals surface area contributed by atoms with Crippen molar-refractivity contribution in [3.05, 3.63) is 57.6 Å². The number of rotatable bonds is 8. The summed E-state index contributed by atoms with van der Waals surface area (Å²) in [6, 6.07) is 9.68. The number of anilines is 3. The van der Waals surface area contributed by atoms with Crippen molar-refractivity contribution in [1.29, 1.82) is 0 Å². The topological polar surface area (TPSA) is 105 Å². The summed E-state index contributed by atoms with van der Waals surface area (Å²) in [6.45, 7) is 3.75. The maximum Gasteiger partial charge on any atom is 0.345 e. The van der Waals surface area contributed by atoms with Gasteiger partial charge in [-0.25, -0.2) is 10.2 Å². The van der Waals surface area contributed by atoms with Gasteiger partial charge in [0.25, 0.3) is 0 Å². The highest BCUT2D eigenvalue weighted by atomic mass is 35.5. The first kappa shape index (κ1) is 27.9. The largest absolute Gasteiger partial charge is 0.493 e. The quantitative estimate of drug-likeness (QED) is 0.152. The molecule has 3 aromatic rings. The number of aromatic nitrogens is 3. The van der Waals surface area contributed by atoms with Crippen LogP contribution >= 0.6 is 23.2 Å². The minimum atomic E-state index is -0.619. The molecule has 0 unspecified atom stereocenters. The molecule has 3 heterocycles.